The normalized spacial score (nSPS) is 24.0. The summed E-state index contributed by atoms with van der Waals surface area (Å²) in [5, 5.41) is 15.8. The monoisotopic (exact) mass is 448 g/mol. The molecule has 5 rings (SSSR count). The Labute approximate surface area is 190 Å². The van der Waals surface area contributed by atoms with Gasteiger partial charge in [0.25, 0.3) is 5.91 Å². The molecule has 4 amide bonds. The average molecular weight is 449 g/mol. The van der Waals surface area contributed by atoms with Gasteiger partial charge < -0.3 is 10.6 Å². The molecule has 1 saturated heterocycles. The number of hydrogen-bond donors (Lipinski definition) is 2. The third-order valence-corrected chi connectivity index (χ3v) is 8.00. The quantitative estimate of drug-likeness (QED) is 0.702. The van der Waals surface area contributed by atoms with E-state index in [4.69, 9.17) is 0 Å². The molecule has 0 bridgehead atoms. The molecule has 1 aliphatic heterocycles. The molecule has 1 aromatic heterocycles. The van der Waals surface area contributed by atoms with Gasteiger partial charge in [0.05, 0.1) is 5.56 Å². The lowest BCUT2D eigenvalue weighted by Crippen LogP contribution is -2.47. The molecule has 8 heteroatoms. The molecule has 2 N–H and O–H groups in total. The summed E-state index contributed by atoms with van der Waals surface area (Å²) in [6, 6.07) is 9.33. The van der Waals surface area contributed by atoms with E-state index < -0.39 is 17.5 Å². The number of aryl methyl sites for hydroxylation is 1. The molecule has 2 heterocycles. The van der Waals surface area contributed by atoms with Gasteiger partial charge in [-0.15, -0.1) is 11.3 Å². The predicted octanol–water partition coefficient (Wildman–Crippen LogP) is 3.47. The highest BCUT2D eigenvalue weighted by Crippen LogP contribution is 2.41. The molecular weight excluding hydrogens is 424 g/mol. The highest BCUT2D eigenvalue weighted by atomic mass is 32.1. The van der Waals surface area contributed by atoms with E-state index in [1.807, 2.05) is 24.3 Å². The van der Waals surface area contributed by atoms with Crippen LogP contribution in [-0.4, -0.2) is 29.3 Å². The van der Waals surface area contributed by atoms with Crippen LogP contribution in [0.4, 0.5) is 9.80 Å². The fraction of sp³-hybridized carbons (Fsp3) is 0.417. The molecule has 0 saturated carbocycles. The zero-order valence-electron chi connectivity index (χ0n) is 17.9. The van der Waals surface area contributed by atoms with E-state index in [1.165, 1.54) is 11.3 Å². The molecule has 0 radical (unpaired) electrons. The van der Waals surface area contributed by atoms with Crippen molar-refractivity contribution in [1.29, 1.82) is 5.26 Å². The first-order valence-corrected chi connectivity index (χ1v) is 11.8. The van der Waals surface area contributed by atoms with E-state index >= 15 is 0 Å². The largest absolute Gasteiger partial charge is 0.325 e. The van der Waals surface area contributed by atoms with Gasteiger partial charge in [0, 0.05) is 4.88 Å². The number of nitrogens with zero attached hydrogens (tertiary/aromatic N) is 2. The minimum absolute atomic E-state index is 0.377. The van der Waals surface area contributed by atoms with Crippen molar-refractivity contribution in [3.63, 3.8) is 0 Å². The number of carbonyl (C=O) groups excluding carboxylic acids is 3. The highest BCUT2D eigenvalue weighted by Gasteiger charge is 2.54. The maximum absolute atomic E-state index is 13.4. The summed E-state index contributed by atoms with van der Waals surface area (Å²) in [6.07, 6.45) is 4.92. The molecule has 164 valence electrons. The molecular formula is C24H24N4O3S. The number of imide groups is 1. The van der Waals surface area contributed by atoms with Crippen LogP contribution in [0.15, 0.2) is 24.3 Å². The van der Waals surface area contributed by atoms with Gasteiger partial charge >= 0.3 is 6.03 Å². The third kappa shape index (κ3) is 3.19. The number of amides is 4. The lowest BCUT2D eigenvalue weighted by Gasteiger charge is -2.33. The van der Waals surface area contributed by atoms with Crippen molar-refractivity contribution in [3.8, 4) is 6.07 Å². The molecule has 1 spiro atoms. The van der Waals surface area contributed by atoms with Crippen LogP contribution in [0.25, 0.3) is 0 Å². The van der Waals surface area contributed by atoms with E-state index in [9.17, 15) is 19.6 Å². The van der Waals surface area contributed by atoms with Crippen LogP contribution < -0.4 is 10.6 Å². The third-order valence-electron chi connectivity index (χ3n) is 6.83. The van der Waals surface area contributed by atoms with Crippen LogP contribution in [0.1, 0.15) is 53.3 Å². The van der Waals surface area contributed by atoms with Gasteiger partial charge in [-0.2, -0.15) is 5.26 Å². The number of nitrogens with one attached hydrogen (secondary N) is 2. The Kier molecular flexibility index (Phi) is 5.01. The number of fused-ring (bicyclic) bond motifs is 3. The van der Waals surface area contributed by atoms with Crippen molar-refractivity contribution in [1.82, 2.24) is 10.2 Å². The van der Waals surface area contributed by atoms with Crippen molar-refractivity contribution < 1.29 is 14.4 Å². The molecule has 0 unspecified atom stereocenters. The Bertz CT molecular complexity index is 1180. The number of thiophene rings is 1. The number of nitriles is 1. The van der Waals surface area contributed by atoms with Gasteiger partial charge in [-0.05, 0) is 61.1 Å². The van der Waals surface area contributed by atoms with Crippen LogP contribution in [-0.2, 0) is 34.4 Å². The zero-order valence-corrected chi connectivity index (χ0v) is 18.7. The van der Waals surface area contributed by atoms with Crippen molar-refractivity contribution in [2.75, 3.05) is 11.9 Å². The maximum Gasteiger partial charge on any atom is 0.325 e. The van der Waals surface area contributed by atoms with Crippen LogP contribution in [0, 0.1) is 17.2 Å². The van der Waals surface area contributed by atoms with E-state index in [1.54, 1.807) is 0 Å². The molecule has 2 atom stereocenters. The second kappa shape index (κ2) is 7.75. The molecule has 32 heavy (non-hydrogen) atoms. The molecule has 2 aromatic rings. The fourth-order valence-corrected chi connectivity index (χ4v) is 6.60. The summed E-state index contributed by atoms with van der Waals surface area (Å²) < 4.78 is 0. The van der Waals surface area contributed by atoms with E-state index in [2.05, 4.69) is 23.6 Å². The molecule has 1 aromatic carbocycles. The minimum Gasteiger partial charge on any atom is -0.319 e. The van der Waals surface area contributed by atoms with Crippen LogP contribution in [0.5, 0.6) is 0 Å². The topological polar surface area (TPSA) is 102 Å². The van der Waals surface area contributed by atoms with Crippen molar-refractivity contribution >= 4 is 34.2 Å². The number of carbonyl (C=O) groups is 3. The van der Waals surface area contributed by atoms with Gasteiger partial charge in [-0.25, -0.2) is 4.79 Å². The Balaban J connectivity index is 1.36. The van der Waals surface area contributed by atoms with E-state index in [0.717, 1.165) is 58.6 Å². The minimum atomic E-state index is -1.10. The number of hydrogen-bond acceptors (Lipinski definition) is 5. The van der Waals surface area contributed by atoms with Crippen molar-refractivity contribution in [3.05, 3.63) is 51.4 Å². The number of benzene rings is 1. The lowest BCUT2D eigenvalue weighted by molar-refractivity contribution is -0.134. The van der Waals surface area contributed by atoms with Crippen molar-refractivity contribution in [2.24, 2.45) is 5.92 Å². The Morgan fingerprint density at radius 2 is 2.16 bits per heavy atom. The summed E-state index contributed by atoms with van der Waals surface area (Å²) in [6.45, 7) is 1.81. The number of urea groups is 1. The first kappa shape index (κ1) is 20.7. The summed E-state index contributed by atoms with van der Waals surface area (Å²) in [7, 11) is 0. The van der Waals surface area contributed by atoms with Gasteiger partial charge in [-0.1, -0.05) is 31.2 Å². The van der Waals surface area contributed by atoms with E-state index in [0.29, 0.717) is 22.9 Å². The molecule has 3 aliphatic rings. The Morgan fingerprint density at radius 3 is 2.97 bits per heavy atom. The van der Waals surface area contributed by atoms with Gasteiger partial charge in [0.2, 0.25) is 5.91 Å². The van der Waals surface area contributed by atoms with Gasteiger partial charge in [0.15, 0.2) is 0 Å². The van der Waals surface area contributed by atoms with E-state index in [-0.39, 0.29) is 12.5 Å². The van der Waals surface area contributed by atoms with Crippen LogP contribution >= 0.6 is 11.3 Å². The predicted molar refractivity (Wildman–Crippen MR) is 120 cm³/mol. The van der Waals surface area contributed by atoms with Crippen LogP contribution in [0.3, 0.4) is 0 Å². The first-order valence-electron chi connectivity index (χ1n) is 11.0. The molecule has 2 aliphatic carbocycles. The van der Waals surface area contributed by atoms with Crippen molar-refractivity contribution in [2.45, 2.75) is 51.0 Å². The smallest absolute Gasteiger partial charge is 0.319 e. The Hall–Kier alpha value is -3.18. The van der Waals surface area contributed by atoms with Gasteiger partial charge in [0.1, 0.15) is 23.2 Å². The summed E-state index contributed by atoms with van der Waals surface area (Å²) in [5.41, 5.74) is 2.32. The average Bonchev–Trinajstić information content (AvgIpc) is 3.23. The molecule has 1 fully saturated rings. The molecule has 7 nitrogen and oxygen atoms in total. The maximum atomic E-state index is 13.4. The zero-order chi connectivity index (χ0) is 22.5. The Morgan fingerprint density at radius 1 is 1.34 bits per heavy atom. The highest BCUT2D eigenvalue weighted by molar-refractivity contribution is 7.16. The standard InChI is InChI=1S/C24H24N4O3S/c1-14-8-9-16-17(12-25)21(32-19(16)11-14)26-20(29)13-28-22(30)24(27-23(28)31)10-4-6-15-5-2-3-7-18(15)24/h2-3,5,7,14H,4,6,8-11,13H2,1H3,(H,26,29)(H,27,31)/t14-,24-/m0/s1. The lowest BCUT2D eigenvalue weighted by atomic mass is 9.76. The number of rotatable bonds is 3. The second-order valence-electron chi connectivity index (χ2n) is 8.95. The number of anilines is 1. The van der Waals surface area contributed by atoms with Gasteiger partial charge in [-0.3, -0.25) is 14.5 Å². The van der Waals surface area contributed by atoms with Crippen LogP contribution in [0.2, 0.25) is 0 Å². The second-order valence-corrected chi connectivity index (χ2v) is 10.1. The first-order chi connectivity index (χ1) is 15.4. The summed E-state index contributed by atoms with van der Waals surface area (Å²) in [5.74, 6) is -0.306. The summed E-state index contributed by atoms with van der Waals surface area (Å²) in [4.78, 5) is 41.1. The summed E-state index contributed by atoms with van der Waals surface area (Å²) >= 11 is 1.43. The fourth-order valence-electron chi connectivity index (χ4n) is 5.22. The SMILES string of the molecule is C[C@H]1CCc2c(sc(NC(=O)CN3C(=O)N[C@]4(CCCc5ccccc54)C3=O)c2C#N)C1.